The number of nitrogens with one attached hydrogen (secondary N) is 1. The van der Waals surface area contributed by atoms with Gasteiger partial charge in [0.2, 0.25) is 5.78 Å². The Labute approximate surface area is 167 Å². The zero-order valence-corrected chi connectivity index (χ0v) is 16.1. The van der Waals surface area contributed by atoms with E-state index in [4.69, 9.17) is 4.42 Å². The van der Waals surface area contributed by atoms with Crippen LogP contribution in [0.3, 0.4) is 0 Å². The van der Waals surface area contributed by atoms with Crippen molar-refractivity contribution in [1.29, 1.82) is 0 Å². The number of carbonyl (C=O) groups excluding carboxylic acids is 1. The molecule has 3 aromatic rings. The first kappa shape index (κ1) is 18.7. The number of furan rings is 1. The fraction of sp³-hybridized carbons (Fsp3) is 0.286. The summed E-state index contributed by atoms with van der Waals surface area (Å²) < 4.78 is 5.76. The van der Waals surface area contributed by atoms with E-state index in [0.717, 1.165) is 24.2 Å². The number of carbonyl (C=O) groups is 1. The molecule has 7 heteroatoms. The predicted molar refractivity (Wildman–Crippen MR) is 107 cm³/mol. The molecule has 1 aromatic carbocycles. The van der Waals surface area contributed by atoms with Gasteiger partial charge in [0.25, 0.3) is 0 Å². The number of anilines is 1. The summed E-state index contributed by atoms with van der Waals surface area (Å²) in [6, 6.07) is 13.5. The van der Waals surface area contributed by atoms with Gasteiger partial charge in [0, 0.05) is 23.7 Å². The minimum atomic E-state index is -0.250. The van der Waals surface area contributed by atoms with Crippen molar-refractivity contribution in [2.45, 2.75) is 35.3 Å². The van der Waals surface area contributed by atoms with Crippen LogP contribution >= 0.6 is 11.8 Å². The van der Waals surface area contributed by atoms with Gasteiger partial charge in [-0.1, -0.05) is 30.0 Å². The number of aliphatic hydroxyl groups is 1. The molecule has 28 heavy (non-hydrogen) atoms. The number of benzene rings is 1. The third-order valence-corrected chi connectivity index (χ3v) is 5.79. The molecule has 2 aromatic heterocycles. The summed E-state index contributed by atoms with van der Waals surface area (Å²) >= 11 is 1.46. The van der Waals surface area contributed by atoms with Gasteiger partial charge in [-0.2, -0.15) is 0 Å². The van der Waals surface area contributed by atoms with Crippen LogP contribution in [0.15, 0.2) is 69.4 Å². The minimum Gasteiger partial charge on any atom is -0.446 e. The topological polar surface area (TPSA) is 88.2 Å². The predicted octanol–water partition coefficient (Wildman–Crippen LogP) is 4.02. The fourth-order valence-corrected chi connectivity index (χ4v) is 4.20. The number of aliphatic hydroxyl groups excluding tert-OH is 1. The van der Waals surface area contributed by atoms with Crippen molar-refractivity contribution in [2.75, 3.05) is 11.9 Å². The van der Waals surface area contributed by atoms with Crippen LogP contribution in [-0.4, -0.2) is 33.5 Å². The highest BCUT2D eigenvalue weighted by atomic mass is 32.2. The summed E-state index contributed by atoms with van der Waals surface area (Å²) in [7, 11) is 0. The number of hydrogen-bond donors (Lipinski definition) is 2. The smallest absolute Gasteiger partial charge is 0.233 e. The highest BCUT2D eigenvalue weighted by Crippen LogP contribution is 2.31. The first-order valence-corrected chi connectivity index (χ1v) is 10.1. The SMILES string of the molecule is O=C(c1ccc(Sc2ccccc2)o1)c1cncnc1NC1CCC(CO)C1. The summed E-state index contributed by atoms with van der Waals surface area (Å²) in [5, 5.41) is 13.3. The Hall–Kier alpha value is -2.64. The van der Waals surface area contributed by atoms with Gasteiger partial charge in [-0.25, -0.2) is 9.97 Å². The van der Waals surface area contributed by atoms with Crippen molar-refractivity contribution in [2.24, 2.45) is 5.92 Å². The summed E-state index contributed by atoms with van der Waals surface area (Å²) in [5.41, 5.74) is 0.389. The van der Waals surface area contributed by atoms with Gasteiger partial charge >= 0.3 is 0 Å². The standard InChI is InChI=1S/C21H21N3O3S/c25-12-14-6-7-15(10-14)24-21-17(11-22-13-23-21)20(26)18-8-9-19(27-18)28-16-4-2-1-3-5-16/h1-5,8-9,11,13-15,25H,6-7,10,12H2,(H,22,23,24). The average Bonchev–Trinajstić information content (AvgIpc) is 3.38. The summed E-state index contributed by atoms with van der Waals surface area (Å²) in [4.78, 5) is 22.3. The van der Waals surface area contributed by atoms with Crippen molar-refractivity contribution >= 4 is 23.4 Å². The molecule has 2 unspecified atom stereocenters. The fourth-order valence-electron chi connectivity index (χ4n) is 3.41. The van der Waals surface area contributed by atoms with E-state index in [9.17, 15) is 9.90 Å². The number of nitrogens with zero attached hydrogens (tertiary/aromatic N) is 2. The van der Waals surface area contributed by atoms with Crippen LogP contribution in [-0.2, 0) is 0 Å². The zero-order chi connectivity index (χ0) is 19.3. The molecule has 1 aliphatic carbocycles. The lowest BCUT2D eigenvalue weighted by Gasteiger charge is -2.15. The second kappa shape index (κ2) is 8.58. The second-order valence-corrected chi connectivity index (χ2v) is 7.93. The van der Waals surface area contributed by atoms with E-state index < -0.39 is 0 Å². The molecule has 2 heterocycles. The van der Waals surface area contributed by atoms with Crippen molar-refractivity contribution < 1.29 is 14.3 Å². The van der Waals surface area contributed by atoms with Crippen molar-refractivity contribution in [3.63, 3.8) is 0 Å². The Morgan fingerprint density at radius 1 is 1.21 bits per heavy atom. The van der Waals surface area contributed by atoms with E-state index in [2.05, 4.69) is 15.3 Å². The van der Waals surface area contributed by atoms with E-state index in [1.165, 1.54) is 24.3 Å². The molecule has 1 fully saturated rings. The van der Waals surface area contributed by atoms with Crippen LogP contribution in [0.1, 0.15) is 35.4 Å². The third-order valence-electron chi connectivity index (χ3n) is 4.86. The van der Waals surface area contributed by atoms with Crippen molar-refractivity contribution in [1.82, 2.24) is 9.97 Å². The summed E-state index contributed by atoms with van der Waals surface area (Å²) in [5.74, 6) is 0.828. The van der Waals surface area contributed by atoms with Gasteiger partial charge < -0.3 is 14.8 Å². The molecule has 0 bridgehead atoms. The largest absolute Gasteiger partial charge is 0.446 e. The van der Waals surface area contributed by atoms with E-state index in [0.29, 0.717) is 22.4 Å². The molecule has 0 radical (unpaired) electrons. The molecule has 0 saturated heterocycles. The van der Waals surface area contributed by atoms with E-state index >= 15 is 0 Å². The maximum Gasteiger partial charge on any atom is 0.233 e. The summed E-state index contributed by atoms with van der Waals surface area (Å²) in [6.07, 6.45) is 5.73. The Balaban J connectivity index is 1.49. The van der Waals surface area contributed by atoms with E-state index in [1.54, 1.807) is 12.1 Å². The van der Waals surface area contributed by atoms with Crippen LogP contribution in [0.5, 0.6) is 0 Å². The van der Waals surface area contributed by atoms with Crippen LogP contribution < -0.4 is 5.32 Å². The minimum absolute atomic E-state index is 0.194. The van der Waals surface area contributed by atoms with E-state index in [-0.39, 0.29) is 24.2 Å². The van der Waals surface area contributed by atoms with Crippen LogP contribution in [0, 0.1) is 5.92 Å². The first-order chi connectivity index (χ1) is 13.7. The molecule has 144 valence electrons. The molecule has 4 rings (SSSR count). The average molecular weight is 395 g/mol. The molecular formula is C21H21N3O3S. The van der Waals surface area contributed by atoms with Gasteiger partial charge in [-0.3, -0.25) is 4.79 Å². The zero-order valence-electron chi connectivity index (χ0n) is 15.2. The quantitative estimate of drug-likeness (QED) is 0.584. The van der Waals surface area contributed by atoms with Gasteiger partial charge in [-0.15, -0.1) is 0 Å². The normalized spacial score (nSPS) is 18.9. The Morgan fingerprint density at radius 3 is 2.86 bits per heavy atom. The molecule has 1 aliphatic rings. The number of hydrogen-bond acceptors (Lipinski definition) is 7. The molecular weight excluding hydrogens is 374 g/mol. The maximum atomic E-state index is 13.0. The van der Waals surface area contributed by atoms with Crippen molar-refractivity contribution in [3.8, 4) is 0 Å². The number of aromatic nitrogens is 2. The molecule has 0 spiro atoms. The van der Waals surface area contributed by atoms with Gasteiger partial charge in [0.05, 0.1) is 5.56 Å². The number of ketones is 1. The first-order valence-electron chi connectivity index (χ1n) is 9.28. The maximum absolute atomic E-state index is 13.0. The van der Waals surface area contributed by atoms with Crippen molar-refractivity contribution in [3.05, 3.63) is 66.3 Å². The molecule has 6 nitrogen and oxygen atoms in total. The van der Waals surface area contributed by atoms with Gasteiger partial charge in [-0.05, 0) is 49.4 Å². The highest BCUT2D eigenvalue weighted by molar-refractivity contribution is 7.99. The Morgan fingerprint density at radius 2 is 2.07 bits per heavy atom. The van der Waals surface area contributed by atoms with E-state index in [1.807, 2.05) is 30.3 Å². The van der Waals surface area contributed by atoms with Gasteiger partial charge in [0.1, 0.15) is 12.1 Å². The van der Waals surface area contributed by atoms with Crippen LogP contribution in [0.2, 0.25) is 0 Å². The summed E-state index contributed by atoms with van der Waals surface area (Å²) in [6.45, 7) is 0.196. The van der Waals surface area contributed by atoms with Gasteiger partial charge in [0.15, 0.2) is 10.9 Å². The lowest BCUT2D eigenvalue weighted by Crippen LogP contribution is -2.19. The highest BCUT2D eigenvalue weighted by Gasteiger charge is 2.26. The lowest BCUT2D eigenvalue weighted by atomic mass is 10.1. The molecule has 0 amide bonds. The molecule has 2 atom stereocenters. The van der Waals surface area contributed by atoms with Crippen LogP contribution in [0.25, 0.3) is 0 Å². The Kier molecular flexibility index (Phi) is 5.73. The molecule has 0 aliphatic heterocycles. The Bertz CT molecular complexity index is 945. The monoisotopic (exact) mass is 395 g/mol. The molecule has 2 N–H and O–H groups in total. The second-order valence-electron chi connectivity index (χ2n) is 6.85. The third kappa shape index (κ3) is 4.26. The molecule has 1 saturated carbocycles. The lowest BCUT2D eigenvalue weighted by molar-refractivity contribution is 0.100. The number of rotatable bonds is 7. The van der Waals surface area contributed by atoms with Crippen LogP contribution in [0.4, 0.5) is 5.82 Å².